The van der Waals surface area contributed by atoms with Crippen molar-refractivity contribution in [3.63, 3.8) is 0 Å². The highest BCUT2D eigenvalue weighted by Crippen LogP contribution is 2.34. The number of hydrogen-bond donors (Lipinski definition) is 1. The second kappa shape index (κ2) is 9.23. The summed E-state index contributed by atoms with van der Waals surface area (Å²) >= 11 is 0. The number of rotatable bonds is 7. The monoisotopic (exact) mass is 422 g/mol. The van der Waals surface area contributed by atoms with Crippen LogP contribution in [-0.4, -0.2) is 36.8 Å². The fourth-order valence-electron chi connectivity index (χ4n) is 4.29. The summed E-state index contributed by atoms with van der Waals surface area (Å²) in [5, 5.41) is 3.00. The molecule has 2 aromatic rings. The smallest absolute Gasteiger partial charge is 0.255 e. The summed E-state index contributed by atoms with van der Waals surface area (Å²) in [6.45, 7) is 12.6. The lowest BCUT2D eigenvalue weighted by Crippen LogP contribution is -2.39. The minimum absolute atomic E-state index is 0.0280. The van der Waals surface area contributed by atoms with Crippen molar-refractivity contribution in [1.29, 1.82) is 0 Å². The maximum Gasteiger partial charge on any atom is 0.255 e. The molecule has 1 aliphatic rings. The number of carbonyl (C=O) groups is 2. The van der Waals surface area contributed by atoms with E-state index in [0.29, 0.717) is 23.5 Å². The van der Waals surface area contributed by atoms with Gasteiger partial charge in [-0.15, -0.1) is 0 Å². The molecule has 166 valence electrons. The van der Waals surface area contributed by atoms with Crippen LogP contribution in [0.1, 0.15) is 72.9 Å². The van der Waals surface area contributed by atoms with E-state index in [9.17, 15) is 9.59 Å². The minimum Gasteiger partial charge on any atom is -0.493 e. The van der Waals surface area contributed by atoms with E-state index in [1.165, 1.54) is 11.1 Å². The van der Waals surface area contributed by atoms with Gasteiger partial charge in [-0.2, -0.15) is 0 Å². The van der Waals surface area contributed by atoms with E-state index in [2.05, 4.69) is 43.2 Å². The van der Waals surface area contributed by atoms with Crippen LogP contribution in [0.15, 0.2) is 36.4 Å². The highest BCUT2D eigenvalue weighted by atomic mass is 16.5. The number of amides is 1. The molecular weight excluding hydrogens is 388 g/mol. The van der Waals surface area contributed by atoms with Gasteiger partial charge in [0.15, 0.2) is 5.78 Å². The molecule has 2 aromatic carbocycles. The van der Waals surface area contributed by atoms with E-state index in [0.717, 1.165) is 25.2 Å². The topological polar surface area (TPSA) is 58.6 Å². The van der Waals surface area contributed by atoms with Crippen LogP contribution in [0.2, 0.25) is 0 Å². The van der Waals surface area contributed by atoms with Gasteiger partial charge in [0.25, 0.3) is 5.91 Å². The molecule has 3 rings (SSSR count). The number of fused-ring (bicyclic) bond motifs is 1. The van der Waals surface area contributed by atoms with Gasteiger partial charge in [-0.25, -0.2) is 0 Å². The Bertz CT molecular complexity index is 979. The molecule has 0 atom stereocenters. The summed E-state index contributed by atoms with van der Waals surface area (Å²) in [5.74, 6) is 0.0995. The number of anilines is 1. The normalized spacial score (nSPS) is 15.5. The highest BCUT2D eigenvalue weighted by Gasteiger charge is 2.30. The van der Waals surface area contributed by atoms with Crippen molar-refractivity contribution in [3.8, 4) is 5.75 Å². The summed E-state index contributed by atoms with van der Waals surface area (Å²) < 4.78 is 5.75. The average Bonchev–Trinajstić information content (AvgIpc) is 2.70. The number of ketones is 1. The largest absolute Gasteiger partial charge is 0.493 e. The number of nitrogens with zero attached hydrogens (tertiary/aromatic N) is 1. The van der Waals surface area contributed by atoms with Gasteiger partial charge in [-0.05, 0) is 54.9 Å². The minimum atomic E-state index is -0.233. The van der Waals surface area contributed by atoms with Gasteiger partial charge in [-0.3, -0.25) is 9.59 Å². The van der Waals surface area contributed by atoms with Crippen LogP contribution >= 0.6 is 0 Å². The lowest BCUT2D eigenvalue weighted by molar-refractivity contribution is 0.0935. The first kappa shape index (κ1) is 23.0. The van der Waals surface area contributed by atoms with Crippen molar-refractivity contribution in [2.75, 3.05) is 25.5 Å². The molecule has 31 heavy (non-hydrogen) atoms. The van der Waals surface area contributed by atoms with E-state index >= 15 is 0 Å². The van der Waals surface area contributed by atoms with Crippen LogP contribution in [0.25, 0.3) is 0 Å². The summed E-state index contributed by atoms with van der Waals surface area (Å²) in [6, 6.07) is 11.2. The predicted molar refractivity (Wildman–Crippen MR) is 125 cm³/mol. The first-order valence-electron chi connectivity index (χ1n) is 11.1. The second-order valence-electron chi connectivity index (χ2n) is 9.46. The maximum atomic E-state index is 13.0. The SMILES string of the molecule is CCCOc1ccc(C(=O)Nc2ccc3c(c2)CN(C)CC3(C)C)cc1C(=O)C(C)C. The van der Waals surface area contributed by atoms with Gasteiger partial charge in [0.2, 0.25) is 0 Å². The van der Waals surface area contributed by atoms with E-state index < -0.39 is 0 Å². The molecule has 0 fully saturated rings. The Kier molecular flexibility index (Phi) is 6.85. The molecule has 0 unspecified atom stereocenters. The number of nitrogens with one attached hydrogen (secondary N) is 1. The van der Waals surface area contributed by atoms with Gasteiger partial charge in [-0.1, -0.05) is 40.7 Å². The Morgan fingerprint density at radius 3 is 2.58 bits per heavy atom. The molecule has 0 aliphatic carbocycles. The van der Waals surface area contributed by atoms with E-state index in [-0.39, 0.29) is 23.0 Å². The predicted octanol–water partition coefficient (Wildman–Crippen LogP) is 5.29. The first-order valence-corrected chi connectivity index (χ1v) is 11.1. The molecule has 0 radical (unpaired) electrons. The molecule has 0 spiro atoms. The molecule has 1 aliphatic heterocycles. The van der Waals surface area contributed by atoms with E-state index in [4.69, 9.17) is 4.74 Å². The molecule has 5 heteroatoms. The van der Waals surface area contributed by atoms with Gasteiger partial charge in [0.1, 0.15) is 5.75 Å². The summed E-state index contributed by atoms with van der Waals surface area (Å²) in [7, 11) is 2.12. The molecule has 0 saturated carbocycles. The number of hydrogen-bond acceptors (Lipinski definition) is 4. The third-order valence-corrected chi connectivity index (χ3v) is 5.69. The van der Waals surface area contributed by atoms with Gasteiger partial charge < -0.3 is 15.0 Å². The van der Waals surface area contributed by atoms with Crippen LogP contribution in [0, 0.1) is 5.92 Å². The lowest BCUT2D eigenvalue weighted by atomic mass is 9.78. The molecule has 0 aromatic heterocycles. The quantitative estimate of drug-likeness (QED) is 0.616. The third-order valence-electron chi connectivity index (χ3n) is 5.69. The Morgan fingerprint density at radius 2 is 1.90 bits per heavy atom. The number of Topliss-reactive ketones (excluding diaryl/α,β-unsaturated/α-hetero) is 1. The fourth-order valence-corrected chi connectivity index (χ4v) is 4.29. The van der Waals surface area contributed by atoms with Crippen LogP contribution in [-0.2, 0) is 12.0 Å². The summed E-state index contributed by atoms with van der Waals surface area (Å²) in [6.07, 6.45) is 0.849. The van der Waals surface area contributed by atoms with Gasteiger partial charge in [0, 0.05) is 35.7 Å². The van der Waals surface area contributed by atoms with Crippen molar-refractivity contribution >= 4 is 17.4 Å². The Labute approximate surface area is 185 Å². The molecule has 1 heterocycles. The summed E-state index contributed by atoms with van der Waals surface area (Å²) in [4.78, 5) is 28.0. The second-order valence-corrected chi connectivity index (χ2v) is 9.46. The molecule has 1 N–H and O–H groups in total. The standard InChI is InChI=1S/C26H34N2O3/c1-7-12-31-23-11-8-18(14-21(23)24(29)17(2)3)25(30)27-20-9-10-22-19(13-20)15-28(6)16-26(22,4)5/h8-11,13-14,17H,7,12,15-16H2,1-6H3,(H,27,30). The van der Waals surface area contributed by atoms with Crippen molar-refractivity contribution in [1.82, 2.24) is 4.90 Å². The van der Waals surface area contributed by atoms with Crippen molar-refractivity contribution in [2.45, 2.75) is 53.0 Å². The first-order chi connectivity index (χ1) is 14.6. The molecular formula is C26H34N2O3. The highest BCUT2D eigenvalue weighted by molar-refractivity contribution is 6.07. The number of ether oxygens (including phenoxy) is 1. The maximum absolute atomic E-state index is 13.0. The van der Waals surface area contributed by atoms with Crippen molar-refractivity contribution in [3.05, 3.63) is 58.7 Å². The molecule has 0 bridgehead atoms. The van der Waals surface area contributed by atoms with Gasteiger partial charge in [0.05, 0.1) is 12.2 Å². The van der Waals surface area contributed by atoms with Crippen molar-refractivity contribution < 1.29 is 14.3 Å². The third kappa shape index (κ3) is 5.16. The molecule has 1 amide bonds. The zero-order valence-electron chi connectivity index (χ0n) is 19.5. The number of carbonyl (C=O) groups excluding carboxylic acids is 2. The number of likely N-dealkylation sites (N-methyl/N-ethyl adjacent to an activating group) is 1. The van der Waals surface area contributed by atoms with Crippen molar-refractivity contribution in [2.24, 2.45) is 5.92 Å². The average molecular weight is 423 g/mol. The van der Waals surface area contributed by atoms with Crippen LogP contribution in [0.3, 0.4) is 0 Å². The van der Waals surface area contributed by atoms with Gasteiger partial charge >= 0.3 is 0 Å². The van der Waals surface area contributed by atoms with E-state index in [1.807, 2.05) is 26.8 Å². The molecule has 0 saturated heterocycles. The Balaban J connectivity index is 1.86. The van der Waals surface area contributed by atoms with Crippen LogP contribution in [0.4, 0.5) is 5.69 Å². The number of benzene rings is 2. The zero-order chi connectivity index (χ0) is 22.8. The van der Waals surface area contributed by atoms with Crippen LogP contribution in [0.5, 0.6) is 5.75 Å². The Hall–Kier alpha value is -2.66. The Morgan fingerprint density at radius 1 is 1.16 bits per heavy atom. The lowest BCUT2D eigenvalue weighted by Gasteiger charge is -2.38. The summed E-state index contributed by atoms with van der Waals surface area (Å²) in [5.41, 5.74) is 4.30. The van der Waals surface area contributed by atoms with E-state index in [1.54, 1.807) is 18.2 Å². The fraction of sp³-hybridized carbons (Fsp3) is 0.462. The van der Waals surface area contributed by atoms with Crippen LogP contribution < -0.4 is 10.1 Å². The molecule has 5 nitrogen and oxygen atoms in total. The zero-order valence-corrected chi connectivity index (χ0v) is 19.5.